The molecule has 3 atom stereocenters. The zero-order valence-electron chi connectivity index (χ0n) is 20.8. The lowest BCUT2D eigenvalue weighted by Crippen LogP contribution is -2.46. The molecule has 1 aromatic carbocycles. The van der Waals surface area contributed by atoms with Gasteiger partial charge in [0.15, 0.2) is 0 Å². The average Bonchev–Trinajstić information content (AvgIpc) is 2.62. The number of ether oxygens (including phenoxy) is 2. The fourth-order valence-electron chi connectivity index (χ4n) is 3.00. The minimum atomic E-state index is -4.58. The Morgan fingerprint density at radius 2 is 1.46 bits per heavy atom. The molecule has 0 aromatic heterocycles. The van der Waals surface area contributed by atoms with Crippen LogP contribution in [-0.4, -0.2) is 51.2 Å². The fourth-order valence-corrected chi connectivity index (χ4v) is 4.71. The summed E-state index contributed by atoms with van der Waals surface area (Å²) in [6.45, 7) is 9.78. The van der Waals surface area contributed by atoms with Crippen molar-refractivity contribution in [1.29, 1.82) is 4.78 Å². The number of halogens is 4. The lowest BCUT2D eigenvalue weighted by Gasteiger charge is -2.26. The summed E-state index contributed by atoms with van der Waals surface area (Å²) in [4.78, 5) is 24.8. The van der Waals surface area contributed by atoms with E-state index in [9.17, 15) is 27.0 Å². The first-order valence-electron chi connectivity index (χ1n) is 11.0. The molecule has 1 rings (SSSR count). The van der Waals surface area contributed by atoms with Gasteiger partial charge in [0.05, 0.1) is 5.92 Å². The molecule has 0 saturated heterocycles. The fraction of sp³-hybridized carbons (Fsp3) is 0.652. The van der Waals surface area contributed by atoms with Crippen molar-refractivity contribution in [2.75, 3.05) is 11.5 Å². The number of benzene rings is 1. The molecule has 1 aromatic rings. The van der Waals surface area contributed by atoms with Crippen molar-refractivity contribution in [1.82, 2.24) is 5.32 Å². The number of rotatable bonds is 9. The van der Waals surface area contributed by atoms with Crippen LogP contribution in [0.3, 0.4) is 0 Å². The number of hydrogen-bond donors (Lipinski definition) is 2. The van der Waals surface area contributed by atoms with Crippen LogP contribution in [0.25, 0.3) is 0 Å². The van der Waals surface area contributed by atoms with Crippen molar-refractivity contribution in [3.63, 3.8) is 0 Å². The summed E-state index contributed by atoms with van der Waals surface area (Å²) >= 11 is 3.18. The number of alkyl halides is 3. The van der Waals surface area contributed by atoms with Crippen LogP contribution in [0.1, 0.15) is 65.9 Å². The molecule has 2 N–H and O–H groups in total. The second-order valence-electron chi connectivity index (χ2n) is 10.2. The van der Waals surface area contributed by atoms with Crippen LogP contribution in [0.2, 0.25) is 0 Å². The molecule has 0 radical (unpaired) electrons. The van der Waals surface area contributed by atoms with Crippen molar-refractivity contribution in [2.45, 2.75) is 83.7 Å². The molecule has 0 aliphatic heterocycles. The van der Waals surface area contributed by atoms with Crippen LogP contribution in [0.5, 0.6) is 0 Å². The van der Waals surface area contributed by atoms with Gasteiger partial charge in [0.25, 0.3) is 0 Å². The Morgan fingerprint density at radius 1 is 0.971 bits per heavy atom. The smallest absolute Gasteiger partial charge is 0.408 e. The first-order valence-corrected chi connectivity index (χ1v) is 13.7. The van der Waals surface area contributed by atoms with Gasteiger partial charge in [-0.05, 0) is 72.1 Å². The van der Waals surface area contributed by atoms with Gasteiger partial charge >= 0.3 is 18.2 Å². The van der Waals surface area contributed by atoms with E-state index in [1.165, 1.54) is 24.3 Å². The second kappa shape index (κ2) is 11.9. The van der Waals surface area contributed by atoms with Gasteiger partial charge in [0, 0.05) is 25.7 Å². The third kappa shape index (κ3) is 12.6. The summed E-state index contributed by atoms with van der Waals surface area (Å²) in [5.74, 6) is -3.64. The van der Waals surface area contributed by atoms with E-state index in [-0.39, 0.29) is 12.0 Å². The molecule has 0 heterocycles. The molecule has 1 amide bonds. The lowest BCUT2D eigenvalue weighted by molar-refractivity contribution is -0.157. The molecule has 200 valence electrons. The van der Waals surface area contributed by atoms with Crippen molar-refractivity contribution in [2.24, 2.45) is 0 Å². The van der Waals surface area contributed by atoms with Gasteiger partial charge in [-0.25, -0.2) is 13.8 Å². The number of nitrogens with one attached hydrogen (secondary N) is 2. The Hall–Kier alpha value is -1.82. The maximum absolute atomic E-state index is 13.6. The van der Waals surface area contributed by atoms with Gasteiger partial charge in [-0.1, -0.05) is 28.1 Å². The molecule has 0 aliphatic rings. The molecule has 0 fully saturated rings. The predicted molar refractivity (Wildman–Crippen MR) is 132 cm³/mol. The summed E-state index contributed by atoms with van der Waals surface area (Å²) in [7, 11) is -3.51. The Bertz CT molecular complexity index is 969. The number of alkyl carbamates (subject to hydrolysis) is 1. The van der Waals surface area contributed by atoms with E-state index < -0.39 is 69.1 Å². The van der Waals surface area contributed by atoms with Gasteiger partial charge in [-0.3, -0.25) is 4.78 Å². The van der Waals surface area contributed by atoms with Crippen LogP contribution in [0.15, 0.2) is 28.7 Å². The first kappa shape index (κ1) is 31.2. The van der Waals surface area contributed by atoms with Crippen LogP contribution < -0.4 is 5.32 Å². The van der Waals surface area contributed by atoms with E-state index in [0.717, 1.165) is 0 Å². The lowest BCUT2D eigenvalue weighted by atomic mass is 9.96. The highest BCUT2D eigenvalue weighted by atomic mass is 79.9. The van der Waals surface area contributed by atoms with Crippen LogP contribution in [0, 0.1) is 4.78 Å². The summed E-state index contributed by atoms with van der Waals surface area (Å²) in [6, 6.07) is 4.36. The van der Waals surface area contributed by atoms with E-state index in [4.69, 9.17) is 14.3 Å². The molecular weight excluding hydrogens is 553 g/mol. The summed E-state index contributed by atoms with van der Waals surface area (Å²) in [5, 5.41) is 2.36. The Kier molecular flexibility index (Phi) is 10.7. The van der Waals surface area contributed by atoms with Crippen LogP contribution >= 0.6 is 15.9 Å². The number of amides is 1. The molecule has 0 aliphatic carbocycles. The van der Waals surface area contributed by atoms with Gasteiger partial charge in [0.2, 0.25) is 0 Å². The van der Waals surface area contributed by atoms with Gasteiger partial charge in [0.1, 0.15) is 17.2 Å². The first-order chi connectivity index (χ1) is 15.7. The zero-order valence-corrected chi connectivity index (χ0v) is 23.2. The summed E-state index contributed by atoms with van der Waals surface area (Å²) < 4.78 is 73.0. The third-order valence-electron chi connectivity index (χ3n) is 4.52. The maximum atomic E-state index is 13.6. The van der Waals surface area contributed by atoms with Crippen LogP contribution in [-0.2, 0) is 24.0 Å². The Balaban J connectivity index is 2.94. The summed E-state index contributed by atoms with van der Waals surface area (Å²) in [6.07, 6.45) is -6.30. The molecule has 0 saturated carbocycles. The summed E-state index contributed by atoms with van der Waals surface area (Å²) in [5.41, 5.74) is -1.71. The molecule has 0 bridgehead atoms. The topological polar surface area (TPSA) is 106 Å². The number of carbonyl (C=O) groups excluding carboxylic acids is 2. The number of hydrogen-bond acceptors (Lipinski definition) is 6. The minimum absolute atomic E-state index is 0.00845. The normalized spacial score (nSPS) is 16.1. The highest BCUT2D eigenvalue weighted by molar-refractivity contribution is 9.10. The second-order valence-corrected chi connectivity index (χ2v) is 13.5. The highest BCUT2D eigenvalue weighted by Gasteiger charge is 2.41. The molecule has 0 spiro atoms. The van der Waals surface area contributed by atoms with Gasteiger partial charge in [-0.15, -0.1) is 0 Å². The van der Waals surface area contributed by atoms with E-state index in [1.54, 1.807) is 41.5 Å². The number of carbonyl (C=O) groups is 2. The molecular formula is C23H34BrF3N2O5S. The minimum Gasteiger partial charge on any atom is -0.458 e. The zero-order chi connectivity index (χ0) is 27.2. The average molecular weight is 587 g/mol. The molecule has 7 nitrogen and oxygen atoms in total. The van der Waals surface area contributed by atoms with Crippen molar-refractivity contribution in [3.05, 3.63) is 34.3 Å². The number of esters is 1. The van der Waals surface area contributed by atoms with Gasteiger partial charge in [-0.2, -0.15) is 13.2 Å². The SMILES string of the molecule is CC(C)(C)OC(=O)N[C@@H](CCS(=N)(=O)CCC(c1ccc(Br)cc1)C(F)(F)F)C(=O)OC(C)(C)C. The standard InChI is InChI=1S/C23H34BrF3N2O5S/c1-21(2,3)33-19(30)18(29-20(31)34-22(4,5)6)12-14-35(28,32)13-11-17(23(25,26)27)15-7-9-16(24)10-8-15/h7-10,17-18,28H,11-14H2,1-6H3,(H,29,31)/t17?,18-,35?/m0/s1. The Morgan fingerprint density at radius 3 is 1.91 bits per heavy atom. The van der Waals surface area contributed by atoms with E-state index in [0.29, 0.717) is 4.47 Å². The molecule has 2 unspecified atom stereocenters. The highest BCUT2D eigenvalue weighted by Crippen LogP contribution is 2.38. The third-order valence-corrected chi connectivity index (χ3v) is 6.84. The van der Waals surface area contributed by atoms with Crippen molar-refractivity contribution >= 4 is 37.7 Å². The van der Waals surface area contributed by atoms with Gasteiger partial charge < -0.3 is 14.8 Å². The van der Waals surface area contributed by atoms with Crippen LogP contribution in [0.4, 0.5) is 18.0 Å². The maximum Gasteiger partial charge on any atom is 0.408 e. The Labute approximate surface area is 213 Å². The van der Waals surface area contributed by atoms with Crippen molar-refractivity contribution in [3.8, 4) is 0 Å². The largest absolute Gasteiger partial charge is 0.458 e. The monoisotopic (exact) mass is 586 g/mol. The predicted octanol–water partition coefficient (Wildman–Crippen LogP) is 6.16. The van der Waals surface area contributed by atoms with E-state index in [1.807, 2.05) is 0 Å². The molecule has 35 heavy (non-hydrogen) atoms. The quantitative estimate of drug-likeness (QED) is 0.337. The van der Waals surface area contributed by atoms with Crippen molar-refractivity contribution < 1.29 is 36.4 Å². The molecule has 12 heteroatoms. The van der Waals surface area contributed by atoms with E-state index in [2.05, 4.69) is 21.2 Å². The van der Waals surface area contributed by atoms with E-state index >= 15 is 0 Å².